The molecule has 2 bridgehead atoms. The van der Waals surface area contributed by atoms with Crippen LogP contribution in [0.5, 0.6) is 0 Å². The molecule has 0 N–H and O–H groups in total. The first kappa shape index (κ1) is 17.3. The predicted octanol–water partition coefficient (Wildman–Crippen LogP) is 7.06. The zero-order chi connectivity index (χ0) is 17.2. The van der Waals surface area contributed by atoms with Crippen LogP contribution in [0.25, 0.3) is 0 Å². The molecule has 0 saturated heterocycles. The Morgan fingerprint density at radius 3 is 1.88 bits per heavy atom. The highest BCUT2D eigenvalue weighted by molar-refractivity contribution is 5.60. The molecule has 1 fully saturated rings. The van der Waals surface area contributed by atoms with Crippen LogP contribution >= 0.6 is 0 Å². The molecular formula is C24H32. The van der Waals surface area contributed by atoms with Gasteiger partial charge in [-0.2, -0.15) is 0 Å². The van der Waals surface area contributed by atoms with E-state index in [4.69, 9.17) is 0 Å². The number of benzene rings is 2. The summed E-state index contributed by atoms with van der Waals surface area (Å²) >= 11 is 0. The van der Waals surface area contributed by atoms with E-state index >= 15 is 0 Å². The summed E-state index contributed by atoms with van der Waals surface area (Å²) in [6.45, 7) is 8.00. The molecule has 6 rings (SSSR count). The normalized spacial score (nSPS) is 28.2. The van der Waals surface area contributed by atoms with E-state index in [0.717, 1.165) is 5.92 Å². The molecule has 128 valence electrons. The van der Waals surface area contributed by atoms with Gasteiger partial charge in [0.15, 0.2) is 0 Å². The number of hydrogen-bond acceptors (Lipinski definition) is 0. The summed E-state index contributed by atoms with van der Waals surface area (Å²) in [5.41, 5.74) is 6.94. The Kier molecular flexibility index (Phi) is 5.13. The van der Waals surface area contributed by atoms with Gasteiger partial charge in [0, 0.05) is 11.3 Å². The topological polar surface area (TPSA) is 0 Å². The van der Waals surface area contributed by atoms with E-state index in [1.807, 2.05) is 27.7 Å². The lowest BCUT2D eigenvalue weighted by atomic mass is 9.47. The molecule has 1 unspecified atom stereocenters. The lowest BCUT2D eigenvalue weighted by molar-refractivity contribution is 0.171. The fourth-order valence-electron chi connectivity index (χ4n) is 5.54. The maximum atomic E-state index is 2.43. The van der Waals surface area contributed by atoms with E-state index in [1.165, 1.54) is 32.1 Å². The van der Waals surface area contributed by atoms with Crippen LogP contribution in [0, 0.1) is 5.92 Å². The Bertz CT molecular complexity index is 634. The van der Waals surface area contributed by atoms with E-state index < -0.39 is 0 Å². The third-order valence-electron chi connectivity index (χ3n) is 6.22. The van der Waals surface area contributed by atoms with Crippen molar-refractivity contribution < 1.29 is 0 Å². The first-order valence-corrected chi connectivity index (χ1v) is 10.1. The van der Waals surface area contributed by atoms with E-state index in [-0.39, 0.29) is 0 Å². The standard InChI is InChI=1S/C20H20.2C2H6/c1-3-10-18-15(8-1)17-13-14-7-5-6-12-20(14,18)19-11-4-2-9-16(17)19;2*1-2/h1-4,8-11,14,17H,5-7,12-13H2;2*1-2H3. The molecule has 0 aromatic heterocycles. The minimum Gasteiger partial charge on any atom is -0.0683 e. The Labute approximate surface area is 148 Å². The van der Waals surface area contributed by atoms with E-state index in [1.54, 1.807) is 22.3 Å². The van der Waals surface area contributed by atoms with Crippen LogP contribution in [0.15, 0.2) is 48.5 Å². The quantitative estimate of drug-likeness (QED) is 0.487. The summed E-state index contributed by atoms with van der Waals surface area (Å²) in [4.78, 5) is 0. The van der Waals surface area contributed by atoms with Gasteiger partial charge in [-0.25, -0.2) is 0 Å². The van der Waals surface area contributed by atoms with Crippen LogP contribution in [-0.4, -0.2) is 0 Å². The zero-order valence-electron chi connectivity index (χ0n) is 15.8. The Morgan fingerprint density at radius 2 is 1.29 bits per heavy atom. The van der Waals surface area contributed by atoms with Crippen molar-refractivity contribution in [2.45, 2.75) is 71.1 Å². The first-order valence-electron chi connectivity index (χ1n) is 10.1. The second-order valence-electron chi connectivity index (χ2n) is 6.88. The fourth-order valence-corrected chi connectivity index (χ4v) is 5.54. The Hall–Kier alpha value is -1.56. The summed E-state index contributed by atoms with van der Waals surface area (Å²) in [5, 5.41) is 0. The van der Waals surface area contributed by atoms with Gasteiger partial charge in [-0.05, 0) is 47.4 Å². The molecule has 1 atom stereocenters. The summed E-state index contributed by atoms with van der Waals surface area (Å²) in [5.74, 6) is 1.54. The van der Waals surface area contributed by atoms with E-state index in [9.17, 15) is 0 Å². The molecule has 0 heterocycles. The molecule has 4 aliphatic rings. The minimum atomic E-state index is 0.347. The third-order valence-corrected chi connectivity index (χ3v) is 6.22. The van der Waals surface area contributed by atoms with Gasteiger partial charge >= 0.3 is 0 Å². The molecule has 0 aliphatic heterocycles. The van der Waals surface area contributed by atoms with Gasteiger partial charge < -0.3 is 0 Å². The highest BCUT2D eigenvalue weighted by Gasteiger charge is 2.54. The van der Waals surface area contributed by atoms with Crippen LogP contribution in [0.1, 0.15) is 88.0 Å². The van der Waals surface area contributed by atoms with Crippen molar-refractivity contribution in [1.82, 2.24) is 0 Å². The van der Waals surface area contributed by atoms with Crippen LogP contribution in [0.3, 0.4) is 0 Å². The minimum absolute atomic E-state index is 0.347. The molecule has 1 saturated carbocycles. The van der Waals surface area contributed by atoms with E-state index in [2.05, 4.69) is 48.5 Å². The fraction of sp³-hybridized carbons (Fsp3) is 0.500. The predicted molar refractivity (Wildman–Crippen MR) is 105 cm³/mol. The van der Waals surface area contributed by atoms with Crippen molar-refractivity contribution in [3.05, 3.63) is 70.8 Å². The third kappa shape index (κ3) is 2.26. The molecule has 0 heteroatoms. The number of rotatable bonds is 0. The molecule has 24 heavy (non-hydrogen) atoms. The van der Waals surface area contributed by atoms with Crippen LogP contribution in [0.2, 0.25) is 0 Å². The average molecular weight is 321 g/mol. The zero-order valence-corrected chi connectivity index (χ0v) is 15.8. The van der Waals surface area contributed by atoms with Crippen LogP contribution < -0.4 is 0 Å². The van der Waals surface area contributed by atoms with Crippen molar-refractivity contribution in [2.75, 3.05) is 0 Å². The van der Waals surface area contributed by atoms with Crippen LogP contribution in [0.4, 0.5) is 0 Å². The molecule has 2 aromatic carbocycles. The lowest BCUT2D eigenvalue weighted by Crippen LogP contribution is -2.48. The summed E-state index contributed by atoms with van der Waals surface area (Å²) in [6, 6.07) is 18.6. The smallest absolute Gasteiger partial charge is 0.0237 e. The van der Waals surface area contributed by atoms with Gasteiger partial charge in [-0.3, -0.25) is 0 Å². The molecule has 4 aliphatic carbocycles. The van der Waals surface area contributed by atoms with Crippen molar-refractivity contribution in [1.29, 1.82) is 0 Å². The highest BCUT2D eigenvalue weighted by atomic mass is 14.6. The second kappa shape index (κ2) is 7.13. The van der Waals surface area contributed by atoms with Crippen molar-refractivity contribution in [3.8, 4) is 0 Å². The van der Waals surface area contributed by atoms with Gasteiger partial charge in [0.05, 0.1) is 0 Å². The monoisotopic (exact) mass is 320 g/mol. The molecule has 0 amide bonds. The highest BCUT2D eigenvalue weighted by Crippen LogP contribution is 2.63. The van der Waals surface area contributed by atoms with Crippen molar-refractivity contribution in [2.24, 2.45) is 5.92 Å². The summed E-state index contributed by atoms with van der Waals surface area (Å²) in [7, 11) is 0. The van der Waals surface area contributed by atoms with Gasteiger partial charge in [0.1, 0.15) is 0 Å². The summed E-state index contributed by atoms with van der Waals surface area (Å²) in [6.07, 6.45) is 7.00. The summed E-state index contributed by atoms with van der Waals surface area (Å²) < 4.78 is 0. The van der Waals surface area contributed by atoms with E-state index in [0.29, 0.717) is 11.3 Å². The lowest BCUT2D eigenvalue weighted by Gasteiger charge is -2.56. The molecule has 0 nitrogen and oxygen atoms in total. The van der Waals surface area contributed by atoms with Crippen LogP contribution in [-0.2, 0) is 5.41 Å². The van der Waals surface area contributed by atoms with Crippen molar-refractivity contribution >= 4 is 0 Å². The Balaban J connectivity index is 0.000000396. The maximum absolute atomic E-state index is 2.43. The van der Waals surface area contributed by atoms with Gasteiger partial charge in [-0.1, -0.05) is 89.1 Å². The Morgan fingerprint density at radius 1 is 0.750 bits per heavy atom. The SMILES string of the molecule is CC.CC.c1ccc2c(c1)C1CC3CCCCC23c2ccccc21. The maximum Gasteiger partial charge on any atom is 0.0237 e. The molecular weight excluding hydrogens is 288 g/mol. The number of hydrogen-bond donors (Lipinski definition) is 0. The molecule has 0 radical (unpaired) electrons. The van der Waals surface area contributed by atoms with Gasteiger partial charge in [0.2, 0.25) is 0 Å². The second-order valence-corrected chi connectivity index (χ2v) is 6.88. The van der Waals surface area contributed by atoms with Crippen molar-refractivity contribution in [3.63, 3.8) is 0 Å². The largest absolute Gasteiger partial charge is 0.0683 e. The average Bonchev–Trinajstić information content (AvgIpc) is 2.71. The molecule has 1 spiro atoms. The first-order chi connectivity index (χ1) is 11.9. The van der Waals surface area contributed by atoms with Gasteiger partial charge in [0.25, 0.3) is 0 Å². The van der Waals surface area contributed by atoms with Gasteiger partial charge in [-0.15, -0.1) is 0 Å². The molecule has 2 aromatic rings.